The summed E-state index contributed by atoms with van der Waals surface area (Å²) in [6, 6.07) is -2.77. The molecule has 2 saturated heterocycles. The molecule has 17 nitrogen and oxygen atoms in total. The highest BCUT2D eigenvalue weighted by molar-refractivity contribution is 8.00. The molecular formula is C18H26N6O11S. The van der Waals surface area contributed by atoms with Crippen molar-refractivity contribution < 1.29 is 53.4 Å². The molecular weight excluding hydrogens is 508 g/mol. The lowest BCUT2D eigenvalue weighted by Crippen LogP contribution is -2.61. The van der Waals surface area contributed by atoms with E-state index in [0.717, 1.165) is 20.8 Å². The Balaban J connectivity index is 2.40. The normalized spacial score (nSPS) is 35.9. The summed E-state index contributed by atoms with van der Waals surface area (Å²) in [5, 5.41) is 38.3. The first-order valence-electron chi connectivity index (χ1n) is 10.5. The molecule has 2 rings (SSSR count). The number of carbonyl (C=O) groups excluding carboxylic acids is 3. The zero-order valence-electron chi connectivity index (χ0n) is 19.4. The van der Waals surface area contributed by atoms with Gasteiger partial charge in [-0.25, -0.2) is 0 Å². The zero-order chi connectivity index (χ0) is 27.0. The number of aliphatic hydroxyl groups excluding tert-OH is 3. The second-order valence-corrected chi connectivity index (χ2v) is 8.93. The van der Waals surface area contributed by atoms with Crippen LogP contribution in [-0.2, 0) is 38.1 Å². The third kappa shape index (κ3) is 7.35. The number of thioether (sulfide) groups is 1. The van der Waals surface area contributed by atoms with Crippen LogP contribution in [0.4, 0.5) is 0 Å². The molecule has 0 bridgehead atoms. The number of esters is 3. The maximum absolute atomic E-state index is 11.8. The first-order chi connectivity index (χ1) is 17.0. The maximum Gasteiger partial charge on any atom is 0.303 e. The van der Waals surface area contributed by atoms with E-state index in [2.05, 4.69) is 20.1 Å². The van der Waals surface area contributed by atoms with Gasteiger partial charge in [-0.1, -0.05) is 22.0 Å². The first kappa shape index (κ1) is 29.4. The van der Waals surface area contributed by atoms with Crippen molar-refractivity contribution in [1.29, 1.82) is 0 Å². The Kier molecular flexibility index (Phi) is 11.0. The number of ether oxygens (including phenoxy) is 5. The number of hydrogen-bond donors (Lipinski definition) is 3. The van der Waals surface area contributed by atoms with Gasteiger partial charge in [-0.15, -0.1) is 0 Å². The summed E-state index contributed by atoms with van der Waals surface area (Å²) in [6.07, 6.45) is -8.33. The summed E-state index contributed by atoms with van der Waals surface area (Å²) in [6.45, 7) is 2.15. The molecule has 2 fully saturated rings. The summed E-state index contributed by atoms with van der Waals surface area (Å²) >= 11 is 0.698. The lowest BCUT2D eigenvalue weighted by molar-refractivity contribution is -0.194. The van der Waals surface area contributed by atoms with Crippen LogP contribution >= 0.6 is 11.8 Å². The van der Waals surface area contributed by atoms with Crippen LogP contribution in [0, 0.1) is 0 Å². The van der Waals surface area contributed by atoms with E-state index in [1.165, 1.54) is 0 Å². The van der Waals surface area contributed by atoms with Gasteiger partial charge in [0.2, 0.25) is 0 Å². The molecule has 18 heteroatoms. The molecule has 0 aromatic heterocycles. The Labute approximate surface area is 208 Å². The van der Waals surface area contributed by atoms with Crippen molar-refractivity contribution in [1.82, 2.24) is 0 Å². The van der Waals surface area contributed by atoms with E-state index in [0.29, 0.717) is 11.8 Å². The SMILES string of the molecule is CC(=O)OCC1O[C@@H](S[C@@H]2OC(CO)[C@H](OC(C)=O)C(N=[N+]=[N-])[C@H]2O)[C@@H](OC(C)=O)C(N=[N+]=[N-])[C@H]1O. The molecule has 0 amide bonds. The third-order valence-electron chi connectivity index (χ3n) is 5.16. The summed E-state index contributed by atoms with van der Waals surface area (Å²) in [5.74, 6) is -2.26. The third-order valence-corrected chi connectivity index (χ3v) is 6.46. The largest absolute Gasteiger partial charge is 0.463 e. The van der Waals surface area contributed by atoms with Crippen molar-refractivity contribution in [3.8, 4) is 0 Å². The highest BCUT2D eigenvalue weighted by Gasteiger charge is 2.52. The van der Waals surface area contributed by atoms with Gasteiger partial charge in [0.25, 0.3) is 0 Å². The predicted molar refractivity (Wildman–Crippen MR) is 118 cm³/mol. The average Bonchev–Trinajstić information content (AvgIpc) is 2.80. The van der Waals surface area contributed by atoms with Crippen LogP contribution in [0.1, 0.15) is 20.8 Å². The van der Waals surface area contributed by atoms with Gasteiger partial charge in [-0.3, -0.25) is 14.4 Å². The Morgan fingerprint density at radius 1 is 0.861 bits per heavy atom. The van der Waals surface area contributed by atoms with Crippen molar-refractivity contribution in [3.63, 3.8) is 0 Å². The molecule has 0 saturated carbocycles. The van der Waals surface area contributed by atoms with Gasteiger partial charge in [-0.2, -0.15) is 0 Å². The molecule has 0 spiro atoms. The minimum Gasteiger partial charge on any atom is -0.463 e. The lowest BCUT2D eigenvalue weighted by atomic mass is 9.97. The van der Waals surface area contributed by atoms with E-state index >= 15 is 0 Å². The average molecular weight is 535 g/mol. The Hall–Kier alpha value is -2.82. The van der Waals surface area contributed by atoms with Gasteiger partial charge >= 0.3 is 17.9 Å². The van der Waals surface area contributed by atoms with E-state index in [1.807, 2.05) is 0 Å². The molecule has 36 heavy (non-hydrogen) atoms. The minimum atomic E-state index is -1.61. The second kappa shape index (κ2) is 13.5. The van der Waals surface area contributed by atoms with Gasteiger partial charge in [0.05, 0.1) is 12.7 Å². The van der Waals surface area contributed by atoms with Gasteiger partial charge in [0, 0.05) is 30.6 Å². The Bertz CT molecular complexity index is 914. The van der Waals surface area contributed by atoms with Crippen LogP contribution in [0.25, 0.3) is 20.9 Å². The fourth-order valence-electron chi connectivity index (χ4n) is 3.69. The van der Waals surface area contributed by atoms with E-state index in [4.69, 9.17) is 34.7 Å². The van der Waals surface area contributed by atoms with Crippen LogP contribution < -0.4 is 0 Å². The van der Waals surface area contributed by atoms with Gasteiger partial charge < -0.3 is 39.0 Å². The van der Waals surface area contributed by atoms with Gasteiger partial charge in [0.1, 0.15) is 60.1 Å². The molecule has 3 N–H and O–H groups in total. The summed E-state index contributed by atoms with van der Waals surface area (Å²) in [5.41, 5.74) is 15.4. The van der Waals surface area contributed by atoms with Gasteiger partial charge in [-0.05, 0) is 11.1 Å². The van der Waals surface area contributed by atoms with Crippen LogP contribution in [0.5, 0.6) is 0 Å². The van der Waals surface area contributed by atoms with Crippen molar-refractivity contribution in [2.45, 2.75) is 80.4 Å². The maximum atomic E-state index is 11.8. The second-order valence-electron chi connectivity index (χ2n) is 7.73. The van der Waals surface area contributed by atoms with Crippen molar-refractivity contribution in [2.75, 3.05) is 13.2 Å². The zero-order valence-corrected chi connectivity index (χ0v) is 20.2. The fourth-order valence-corrected chi connectivity index (χ4v) is 5.06. The predicted octanol–water partition coefficient (Wildman–Crippen LogP) is -0.332. The Morgan fingerprint density at radius 2 is 1.39 bits per heavy atom. The topological polar surface area (TPSA) is 256 Å². The molecule has 10 atom stereocenters. The molecule has 2 aliphatic rings. The molecule has 0 aromatic rings. The monoisotopic (exact) mass is 534 g/mol. The lowest BCUT2D eigenvalue weighted by Gasteiger charge is -2.46. The number of nitrogens with zero attached hydrogens (tertiary/aromatic N) is 6. The first-order valence-corrected chi connectivity index (χ1v) is 11.5. The van der Waals surface area contributed by atoms with Crippen LogP contribution in [0.2, 0.25) is 0 Å². The fraction of sp³-hybridized carbons (Fsp3) is 0.833. The number of azide groups is 2. The molecule has 4 unspecified atom stereocenters. The molecule has 2 aliphatic heterocycles. The van der Waals surface area contributed by atoms with E-state index in [9.17, 15) is 29.7 Å². The molecule has 0 radical (unpaired) electrons. The quantitative estimate of drug-likeness (QED) is 0.113. The smallest absolute Gasteiger partial charge is 0.303 e. The highest BCUT2D eigenvalue weighted by atomic mass is 32.2. The van der Waals surface area contributed by atoms with Crippen LogP contribution in [0.3, 0.4) is 0 Å². The summed E-state index contributed by atoms with van der Waals surface area (Å²) < 4.78 is 26.7. The van der Waals surface area contributed by atoms with Crippen molar-refractivity contribution >= 4 is 29.7 Å². The molecule has 0 aliphatic carbocycles. The van der Waals surface area contributed by atoms with E-state index < -0.39 is 90.7 Å². The highest BCUT2D eigenvalue weighted by Crippen LogP contribution is 2.39. The van der Waals surface area contributed by atoms with Crippen LogP contribution in [-0.4, -0.2) is 106 Å². The summed E-state index contributed by atoms with van der Waals surface area (Å²) in [7, 11) is 0. The van der Waals surface area contributed by atoms with E-state index in [-0.39, 0.29) is 0 Å². The Morgan fingerprint density at radius 3 is 1.89 bits per heavy atom. The van der Waals surface area contributed by atoms with Crippen molar-refractivity contribution in [3.05, 3.63) is 20.9 Å². The molecule has 2 heterocycles. The number of carbonyl (C=O) groups is 3. The standard InChI is InChI=1S/C18H26N6O11S/c1-6(26)31-5-10-13(29)11(21-23-19)16(33-8(3)28)18(35-10)36-17-14(30)12(22-24-20)15(32-7(2)27)9(4-25)34-17/h9-18,25,29-30H,4-5H2,1-3H3/t9?,10?,11?,12?,13-,14+,15-,16-,17-,18-/m0/s1. The summed E-state index contributed by atoms with van der Waals surface area (Å²) in [4.78, 5) is 39.9. The molecule has 200 valence electrons. The number of rotatable bonds is 9. The van der Waals surface area contributed by atoms with Crippen molar-refractivity contribution in [2.24, 2.45) is 10.2 Å². The van der Waals surface area contributed by atoms with Crippen LogP contribution in [0.15, 0.2) is 10.2 Å². The molecule has 0 aromatic carbocycles. The number of aliphatic hydroxyl groups is 3. The van der Waals surface area contributed by atoms with Gasteiger partial charge in [0.15, 0.2) is 0 Å². The van der Waals surface area contributed by atoms with E-state index in [1.54, 1.807) is 0 Å². The minimum absolute atomic E-state index is 0.443. The number of hydrogen-bond acceptors (Lipinski definition) is 14.